The molecule has 0 aromatic rings. The van der Waals surface area contributed by atoms with Crippen LogP contribution in [-0.2, 0) is 19.1 Å². The zero-order valence-electron chi connectivity index (χ0n) is 12.0. The fourth-order valence-electron chi connectivity index (χ4n) is 1.81. The minimum absolute atomic E-state index is 0.385. The van der Waals surface area contributed by atoms with Gasteiger partial charge < -0.3 is 25.2 Å². The number of methoxy groups -OCH3 is 1. The summed E-state index contributed by atoms with van der Waals surface area (Å²) in [7, 11) is 1.16. The van der Waals surface area contributed by atoms with Gasteiger partial charge in [-0.25, -0.2) is 9.59 Å². The number of hydrogen-bond acceptors (Lipinski definition) is 6. The van der Waals surface area contributed by atoms with Gasteiger partial charge in [0.05, 0.1) is 26.7 Å². The number of aliphatic carboxylic acids is 1. The third-order valence-corrected chi connectivity index (χ3v) is 3.02. The number of ether oxygens (including phenoxy) is 2. The first-order chi connectivity index (χ1) is 10.0. The largest absolute Gasteiger partial charge is 0.480 e. The van der Waals surface area contributed by atoms with Gasteiger partial charge in [0.25, 0.3) is 0 Å². The molecule has 120 valence electrons. The van der Waals surface area contributed by atoms with E-state index in [-0.39, 0.29) is 0 Å². The van der Waals surface area contributed by atoms with Gasteiger partial charge in [-0.15, -0.1) is 0 Å². The van der Waals surface area contributed by atoms with E-state index < -0.39 is 30.4 Å². The Hall–Kier alpha value is -1.87. The molecule has 1 aliphatic rings. The number of esters is 1. The standard InChI is InChI=1S/C12H21N3O6/c1-20-10(16)8-9(11(17)18)14-12(19)13-2-3-15-4-6-21-7-5-15/h9H,2-8H2,1H3,(H,17,18)(H2,13,14,19)/t9-/m0/s1. The molecule has 0 aliphatic carbocycles. The SMILES string of the molecule is COC(=O)C[C@H](NC(=O)NCCN1CCOCC1)C(=O)O. The van der Waals surface area contributed by atoms with Crippen molar-refractivity contribution in [2.24, 2.45) is 0 Å². The van der Waals surface area contributed by atoms with Gasteiger partial charge in [0.15, 0.2) is 0 Å². The van der Waals surface area contributed by atoms with Gasteiger partial charge in [-0.05, 0) is 0 Å². The van der Waals surface area contributed by atoms with Gasteiger partial charge >= 0.3 is 18.0 Å². The lowest BCUT2D eigenvalue weighted by atomic mass is 10.2. The van der Waals surface area contributed by atoms with Crippen molar-refractivity contribution in [3.63, 3.8) is 0 Å². The monoisotopic (exact) mass is 303 g/mol. The zero-order valence-corrected chi connectivity index (χ0v) is 12.0. The predicted molar refractivity (Wildman–Crippen MR) is 71.9 cm³/mol. The summed E-state index contributed by atoms with van der Waals surface area (Å²) in [6.07, 6.45) is -0.414. The zero-order chi connectivity index (χ0) is 15.7. The maximum Gasteiger partial charge on any atom is 0.326 e. The molecule has 0 bridgehead atoms. The molecule has 0 saturated carbocycles. The van der Waals surface area contributed by atoms with E-state index in [0.29, 0.717) is 26.3 Å². The fraction of sp³-hybridized carbons (Fsp3) is 0.750. The van der Waals surface area contributed by atoms with E-state index in [2.05, 4.69) is 20.3 Å². The van der Waals surface area contributed by atoms with Crippen molar-refractivity contribution >= 4 is 18.0 Å². The van der Waals surface area contributed by atoms with Crippen LogP contribution in [0.2, 0.25) is 0 Å². The second-order valence-electron chi connectivity index (χ2n) is 4.53. The number of morpholine rings is 1. The molecule has 9 nitrogen and oxygen atoms in total. The van der Waals surface area contributed by atoms with Gasteiger partial charge in [0, 0.05) is 26.2 Å². The Bertz CT molecular complexity index is 370. The average molecular weight is 303 g/mol. The molecule has 1 aliphatic heterocycles. The molecule has 1 rings (SSSR count). The number of hydrogen-bond donors (Lipinski definition) is 3. The first-order valence-corrected chi connectivity index (χ1v) is 6.67. The molecule has 1 heterocycles. The fourth-order valence-corrected chi connectivity index (χ4v) is 1.81. The van der Waals surface area contributed by atoms with Crippen molar-refractivity contribution in [3.8, 4) is 0 Å². The molecular weight excluding hydrogens is 282 g/mol. The lowest BCUT2D eigenvalue weighted by Gasteiger charge is -2.26. The third-order valence-electron chi connectivity index (χ3n) is 3.02. The summed E-state index contributed by atoms with van der Waals surface area (Å²) in [4.78, 5) is 35.7. The van der Waals surface area contributed by atoms with Crippen molar-refractivity contribution in [2.45, 2.75) is 12.5 Å². The van der Waals surface area contributed by atoms with Crippen molar-refractivity contribution in [3.05, 3.63) is 0 Å². The maximum absolute atomic E-state index is 11.6. The quantitative estimate of drug-likeness (QED) is 0.497. The lowest BCUT2D eigenvalue weighted by Crippen LogP contribution is -2.49. The maximum atomic E-state index is 11.6. The Labute approximate surface area is 122 Å². The number of nitrogens with zero attached hydrogens (tertiary/aromatic N) is 1. The van der Waals surface area contributed by atoms with Crippen LogP contribution in [0.15, 0.2) is 0 Å². The van der Waals surface area contributed by atoms with Crippen molar-refractivity contribution in [1.29, 1.82) is 0 Å². The smallest absolute Gasteiger partial charge is 0.326 e. The Morgan fingerprint density at radius 1 is 1.33 bits per heavy atom. The summed E-state index contributed by atoms with van der Waals surface area (Å²) < 4.78 is 9.58. The van der Waals surface area contributed by atoms with E-state index in [9.17, 15) is 14.4 Å². The Morgan fingerprint density at radius 2 is 2.00 bits per heavy atom. The number of rotatable bonds is 7. The Morgan fingerprint density at radius 3 is 2.57 bits per heavy atom. The van der Waals surface area contributed by atoms with Crippen LogP contribution in [-0.4, -0.2) is 80.5 Å². The van der Waals surface area contributed by atoms with Crippen LogP contribution >= 0.6 is 0 Å². The molecular formula is C12H21N3O6. The average Bonchev–Trinajstić information content (AvgIpc) is 2.47. The van der Waals surface area contributed by atoms with Crippen LogP contribution in [0, 0.1) is 0 Å². The molecule has 1 fully saturated rings. The molecule has 1 atom stereocenters. The third kappa shape index (κ3) is 6.91. The molecule has 1 saturated heterocycles. The molecule has 0 aromatic heterocycles. The summed E-state index contributed by atoms with van der Waals surface area (Å²) in [6.45, 7) is 4.01. The van der Waals surface area contributed by atoms with Crippen LogP contribution in [0.5, 0.6) is 0 Å². The molecule has 3 N–H and O–H groups in total. The van der Waals surface area contributed by atoms with E-state index in [1.54, 1.807) is 0 Å². The number of carbonyl (C=O) groups excluding carboxylic acids is 2. The molecule has 9 heteroatoms. The van der Waals surface area contributed by atoms with Crippen LogP contribution in [0.1, 0.15) is 6.42 Å². The first-order valence-electron chi connectivity index (χ1n) is 6.67. The Kier molecular flexibility index (Phi) is 7.48. The second kappa shape index (κ2) is 9.14. The van der Waals surface area contributed by atoms with Crippen LogP contribution < -0.4 is 10.6 Å². The first kappa shape index (κ1) is 17.2. The van der Waals surface area contributed by atoms with Gasteiger partial charge in [-0.3, -0.25) is 9.69 Å². The summed E-state index contributed by atoms with van der Waals surface area (Å²) in [5.74, 6) is -1.99. The Balaban J connectivity index is 2.26. The minimum atomic E-state index is -1.30. The summed E-state index contributed by atoms with van der Waals surface area (Å²) in [6, 6.07) is -1.93. The number of carboxylic acid groups (broad SMARTS) is 1. The van der Waals surface area contributed by atoms with Crippen LogP contribution in [0.3, 0.4) is 0 Å². The number of nitrogens with one attached hydrogen (secondary N) is 2. The highest BCUT2D eigenvalue weighted by molar-refractivity contribution is 5.86. The van der Waals surface area contributed by atoms with Crippen LogP contribution in [0.4, 0.5) is 4.79 Å². The molecule has 0 radical (unpaired) electrons. The summed E-state index contributed by atoms with van der Waals surface area (Å²) in [5.41, 5.74) is 0. The van der Waals surface area contributed by atoms with Crippen LogP contribution in [0.25, 0.3) is 0 Å². The van der Waals surface area contributed by atoms with Gasteiger partial charge in [0.2, 0.25) is 0 Å². The lowest BCUT2D eigenvalue weighted by molar-refractivity contribution is -0.147. The van der Waals surface area contributed by atoms with E-state index in [4.69, 9.17) is 9.84 Å². The minimum Gasteiger partial charge on any atom is -0.480 e. The van der Waals surface area contributed by atoms with Crippen molar-refractivity contribution in [2.75, 3.05) is 46.5 Å². The van der Waals surface area contributed by atoms with Gasteiger partial charge in [0.1, 0.15) is 6.04 Å². The highest BCUT2D eigenvalue weighted by Gasteiger charge is 2.23. The van der Waals surface area contributed by atoms with E-state index >= 15 is 0 Å². The van der Waals surface area contributed by atoms with E-state index in [1.807, 2.05) is 0 Å². The number of carbonyl (C=O) groups is 3. The highest BCUT2D eigenvalue weighted by atomic mass is 16.5. The normalized spacial score (nSPS) is 16.8. The van der Waals surface area contributed by atoms with E-state index in [0.717, 1.165) is 20.2 Å². The van der Waals surface area contributed by atoms with Gasteiger partial charge in [-0.2, -0.15) is 0 Å². The van der Waals surface area contributed by atoms with Crippen molar-refractivity contribution < 1.29 is 29.0 Å². The second-order valence-corrected chi connectivity index (χ2v) is 4.53. The number of urea groups is 1. The molecule has 0 unspecified atom stereocenters. The predicted octanol–water partition coefficient (Wildman–Crippen LogP) is -1.37. The number of carboxylic acids is 1. The summed E-state index contributed by atoms with van der Waals surface area (Å²) >= 11 is 0. The van der Waals surface area contributed by atoms with Crippen molar-refractivity contribution in [1.82, 2.24) is 15.5 Å². The highest BCUT2D eigenvalue weighted by Crippen LogP contribution is 1.96. The molecule has 0 aromatic carbocycles. The van der Waals surface area contributed by atoms with E-state index in [1.165, 1.54) is 0 Å². The number of amides is 2. The summed E-state index contributed by atoms with van der Waals surface area (Å²) in [5, 5.41) is 13.7. The topological polar surface area (TPSA) is 117 Å². The van der Waals surface area contributed by atoms with Gasteiger partial charge in [-0.1, -0.05) is 0 Å². The molecule has 2 amide bonds. The molecule has 21 heavy (non-hydrogen) atoms. The molecule has 0 spiro atoms.